The minimum Gasteiger partial charge on any atom is -0.331 e. The molecule has 1 aromatic heterocycles. The summed E-state index contributed by atoms with van der Waals surface area (Å²) in [5.74, 6) is 1.13. The predicted octanol–water partition coefficient (Wildman–Crippen LogP) is 3.35. The van der Waals surface area contributed by atoms with Crippen molar-refractivity contribution >= 4 is 34.7 Å². The lowest BCUT2D eigenvalue weighted by Gasteiger charge is -2.23. The third-order valence-electron chi connectivity index (χ3n) is 2.87. The summed E-state index contributed by atoms with van der Waals surface area (Å²) >= 11 is 3.58. The van der Waals surface area contributed by atoms with Gasteiger partial charge in [-0.2, -0.15) is 0 Å². The number of quaternary nitrogens is 1. The summed E-state index contributed by atoms with van der Waals surface area (Å²) in [6, 6.07) is 8.36. The average molecular weight is 296 g/mol. The van der Waals surface area contributed by atoms with E-state index < -0.39 is 0 Å². The van der Waals surface area contributed by atoms with Gasteiger partial charge in [0.25, 0.3) is 0 Å². The third kappa shape index (κ3) is 3.91. The summed E-state index contributed by atoms with van der Waals surface area (Å²) in [5.41, 5.74) is 2.31. The van der Waals surface area contributed by atoms with Crippen LogP contribution < -0.4 is 0 Å². The van der Waals surface area contributed by atoms with Crippen molar-refractivity contribution in [2.45, 2.75) is 11.6 Å². The summed E-state index contributed by atoms with van der Waals surface area (Å²) < 4.78 is 3.30. The van der Waals surface area contributed by atoms with Gasteiger partial charge in [-0.3, -0.25) is 3.97 Å². The van der Waals surface area contributed by atoms with Crippen LogP contribution in [0.1, 0.15) is 6.42 Å². The lowest BCUT2D eigenvalue weighted by Crippen LogP contribution is -2.35. The molecule has 0 radical (unpaired) electrons. The van der Waals surface area contributed by atoms with Crippen LogP contribution >= 0.6 is 23.7 Å². The number of benzene rings is 1. The van der Waals surface area contributed by atoms with Crippen molar-refractivity contribution in [3.63, 3.8) is 0 Å². The molecular weight excluding hydrogens is 274 g/mol. The molecule has 0 saturated carbocycles. The Kier molecular flexibility index (Phi) is 4.81. The highest BCUT2D eigenvalue weighted by Gasteiger charge is 2.11. The summed E-state index contributed by atoms with van der Waals surface area (Å²) in [7, 11) is 6.72. The second-order valence-corrected chi connectivity index (χ2v) is 7.39. The molecule has 0 aliphatic heterocycles. The first kappa shape index (κ1) is 14.8. The highest BCUT2D eigenvalue weighted by molar-refractivity contribution is 8.01. The van der Waals surface area contributed by atoms with Gasteiger partial charge in [0.2, 0.25) is 0 Å². The molecule has 0 aliphatic rings. The molecule has 3 nitrogen and oxygen atoms in total. The van der Waals surface area contributed by atoms with E-state index in [2.05, 4.69) is 54.6 Å². The number of hydrogen-bond donors (Lipinski definition) is 0. The molecule has 2 aromatic rings. The minimum absolute atomic E-state index is 1.03. The van der Waals surface area contributed by atoms with Crippen molar-refractivity contribution in [1.29, 1.82) is 0 Å². The Morgan fingerprint density at radius 2 is 1.95 bits per heavy atom. The van der Waals surface area contributed by atoms with Crippen LogP contribution in [0, 0.1) is 0 Å². The van der Waals surface area contributed by atoms with Gasteiger partial charge >= 0.3 is 0 Å². The van der Waals surface area contributed by atoms with E-state index in [1.807, 2.05) is 18.0 Å². The second-order valence-electron chi connectivity index (χ2n) is 5.58. The molecule has 0 N–H and O–H groups in total. The molecule has 0 saturated heterocycles. The Labute approximate surface area is 124 Å². The molecule has 2 rings (SSSR count). The maximum Gasteiger partial charge on any atom is 0.179 e. The zero-order valence-corrected chi connectivity index (χ0v) is 13.7. The molecular formula is C14H22N3S2+. The first-order chi connectivity index (χ1) is 9.01. The van der Waals surface area contributed by atoms with Crippen LogP contribution in [0.4, 0.5) is 0 Å². The van der Waals surface area contributed by atoms with Crippen molar-refractivity contribution < 1.29 is 4.48 Å². The Morgan fingerprint density at radius 3 is 2.63 bits per heavy atom. The van der Waals surface area contributed by atoms with Crippen molar-refractivity contribution in [1.82, 2.24) is 8.96 Å². The van der Waals surface area contributed by atoms with Crippen LogP contribution in [0.15, 0.2) is 29.4 Å². The molecule has 0 atom stereocenters. The molecule has 0 spiro atoms. The smallest absolute Gasteiger partial charge is 0.179 e. The van der Waals surface area contributed by atoms with Crippen LogP contribution in [0.5, 0.6) is 0 Å². The molecule has 1 aromatic carbocycles. The van der Waals surface area contributed by atoms with Gasteiger partial charge in [-0.1, -0.05) is 23.9 Å². The number of para-hydroxylation sites is 2. The zero-order chi connectivity index (χ0) is 13.9. The fourth-order valence-electron chi connectivity index (χ4n) is 1.93. The molecule has 0 fully saturated rings. The number of rotatable bonds is 6. The van der Waals surface area contributed by atoms with Crippen molar-refractivity contribution in [2.75, 3.05) is 39.7 Å². The van der Waals surface area contributed by atoms with Crippen LogP contribution in [-0.2, 0) is 0 Å². The summed E-state index contributed by atoms with van der Waals surface area (Å²) in [5, 5.41) is 1.09. The number of aromatic nitrogens is 2. The van der Waals surface area contributed by atoms with Gasteiger partial charge in [0.1, 0.15) is 0 Å². The second kappa shape index (κ2) is 6.20. The molecule has 104 valence electrons. The van der Waals surface area contributed by atoms with E-state index in [1.54, 1.807) is 11.8 Å². The SMILES string of the molecule is CSc1nc2ccccc2n1SCCC[N+](C)(C)C. The Bertz CT molecular complexity index is 543. The normalized spacial score (nSPS) is 12.2. The lowest BCUT2D eigenvalue weighted by atomic mass is 10.3. The van der Waals surface area contributed by atoms with Gasteiger partial charge in [-0.15, -0.1) is 0 Å². The first-order valence-corrected chi connectivity index (χ1v) is 8.63. The number of nitrogens with zero attached hydrogens (tertiary/aromatic N) is 3. The number of thioether (sulfide) groups is 1. The number of fused-ring (bicyclic) bond motifs is 1. The molecule has 0 amide bonds. The highest BCUT2D eigenvalue weighted by Crippen LogP contribution is 2.27. The van der Waals surface area contributed by atoms with E-state index in [-0.39, 0.29) is 0 Å². The standard InChI is InChI=1S/C14H22N3S2/c1-17(2,3)10-7-11-19-16-13-9-6-5-8-12(13)15-14(16)18-4/h5-6,8-9H,7,10-11H2,1-4H3/q+1. The molecule has 5 heteroatoms. The third-order valence-corrected chi connectivity index (χ3v) is 4.72. The van der Waals surface area contributed by atoms with Crippen LogP contribution in [0.25, 0.3) is 11.0 Å². The van der Waals surface area contributed by atoms with Crippen molar-refractivity contribution in [2.24, 2.45) is 0 Å². The van der Waals surface area contributed by atoms with E-state index in [0.29, 0.717) is 0 Å². The summed E-state index contributed by atoms with van der Waals surface area (Å²) in [6.45, 7) is 1.20. The minimum atomic E-state index is 1.03. The summed E-state index contributed by atoms with van der Waals surface area (Å²) in [6.07, 6.45) is 3.30. The lowest BCUT2D eigenvalue weighted by molar-refractivity contribution is -0.870. The average Bonchev–Trinajstić information content (AvgIpc) is 2.71. The molecule has 0 bridgehead atoms. The van der Waals surface area contributed by atoms with Gasteiger partial charge in [-0.25, -0.2) is 4.98 Å². The topological polar surface area (TPSA) is 17.8 Å². The first-order valence-electron chi connectivity index (χ1n) is 6.46. The predicted molar refractivity (Wildman–Crippen MR) is 86.9 cm³/mol. The van der Waals surface area contributed by atoms with E-state index in [0.717, 1.165) is 20.9 Å². The van der Waals surface area contributed by atoms with Gasteiger partial charge in [0.15, 0.2) is 5.16 Å². The van der Waals surface area contributed by atoms with Gasteiger partial charge < -0.3 is 4.48 Å². The fraction of sp³-hybridized carbons (Fsp3) is 0.500. The van der Waals surface area contributed by atoms with E-state index in [9.17, 15) is 0 Å². The van der Waals surface area contributed by atoms with E-state index in [1.165, 1.54) is 18.5 Å². The van der Waals surface area contributed by atoms with Crippen LogP contribution in [0.3, 0.4) is 0 Å². The number of hydrogen-bond acceptors (Lipinski definition) is 3. The molecule has 19 heavy (non-hydrogen) atoms. The van der Waals surface area contributed by atoms with Gasteiger partial charge in [0.05, 0.1) is 38.7 Å². The molecule has 0 unspecified atom stereocenters. The quantitative estimate of drug-likeness (QED) is 0.462. The highest BCUT2D eigenvalue weighted by atomic mass is 32.2. The van der Waals surface area contributed by atoms with Crippen molar-refractivity contribution in [3.8, 4) is 0 Å². The van der Waals surface area contributed by atoms with Crippen LogP contribution in [0.2, 0.25) is 0 Å². The van der Waals surface area contributed by atoms with Crippen molar-refractivity contribution in [3.05, 3.63) is 24.3 Å². The van der Waals surface area contributed by atoms with Gasteiger partial charge in [0, 0.05) is 12.2 Å². The zero-order valence-electron chi connectivity index (χ0n) is 12.1. The fourth-order valence-corrected chi connectivity index (χ4v) is 3.65. The monoisotopic (exact) mass is 296 g/mol. The number of imidazole rings is 1. The van der Waals surface area contributed by atoms with E-state index in [4.69, 9.17) is 0 Å². The summed E-state index contributed by atoms with van der Waals surface area (Å²) in [4.78, 5) is 4.66. The largest absolute Gasteiger partial charge is 0.331 e. The van der Waals surface area contributed by atoms with E-state index >= 15 is 0 Å². The van der Waals surface area contributed by atoms with Gasteiger partial charge in [-0.05, 0) is 30.3 Å². The maximum atomic E-state index is 4.66. The molecule has 1 heterocycles. The Balaban J connectivity index is 2.07. The Hall–Kier alpha value is -0.650. The maximum absolute atomic E-state index is 4.66. The molecule has 0 aliphatic carbocycles. The Morgan fingerprint density at radius 1 is 1.21 bits per heavy atom. The van der Waals surface area contributed by atoms with Crippen LogP contribution in [-0.4, -0.2) is 53.1 Å².